The highest BCUT2D eigenvalue weighted by atomic mass is 16.5. The zero-order valence-corrected chi connectivity index (χ0v) is 17.4. The van der Waals surface area contributed by atoms with Gasteiger partial charge < -0.3 is 10.1 Å². The van der Waals surface area contributed by atoms with Gasteiger partial charge in [-0.25, -0.2) is 4.90 Å². The minimum atomic E-state index is -1.14. The molecule has 3 amide bonds. The first-order valence-electron chi connectivity index (χ1n) is 10.7. The van der Waals surface area contributed by atoms with Crippen molar-refractivity contribution in [1.29, 1.82) is 0 Å². The number of carbonyl (C=O) groups excluding carboxylic acids is 3. The fourth-order valence-corrected chi connectivity index (χ4v) is 6.37. The maximum atomic E-state index is 13.9. The lowest BCUT2D eigenvalue weighted by atomic mass is 9.75. The summed E-state index contributed by atoms with van der Waals surface area (Å²) in [5, 5.41) is 3.01. The van der Waals surface area contributed by atoms with Crippen molar-refractivity contribution < 1.29 is 19.1 Å². The van der Waals surface area contributed by atoms with E-state index in [2.05, 4.69) is 10.2 Å². The Kier molecular flexibility index (Phi) is 3.69. The van der Waals surface area contributed by atoms with Gasteiger partial charge in [0.05, 0.1) is 24.6 Å². The van der Waals surface area contributed by atoms with E-state index in [1.165, 1.54) is 12.0 Å². The summed E-state index contributed by atoms with van der Waals surface area (Å²) in [6.45, 7) is 2.68. The average Bonchev–Trinajstić information content (AvgIpc) is 3.47. The van der Waals surface area contributed by atoms with Gasteiger partial charge in [0.2, 0.25) is 17.7 Å². The van der Waals surface area contributed by atoms with Gasteiger partial charge in [-0.2, -0.15) is 0 Å². The smallest absolute Gasteiger partial charge is 0.250 e. The molecule has 0 saturated carbocycles. The topological polar surface area (TPSA) is 79.0 Å². The van der Waals surface area contributed by atoms with Gasteiger partial charge in [0.15, 0.2) is 0 Å². The molecule has 4 atom stereocenters. The molecule has 7 nitrogen and oxygen atoms in total. The Labute approximate surface area is 180 Å². The zero-order chi connectivity index (χ0) is 21.5. The number of imide groups is 1. The molecule has 4 unspecified atom stereocenters. The van der Waals surface area contributed by atoms with Gasteiger partial charge in [-0.15, -0.1) is 0 Å². The zero-order valence-electron chi connectivity index (χ0n) is 17.4. The van der Waals surface area contributed by atoms with Gasteiger partial charge in [0, 0.05) is 17.3 Å². The molecule has 6 rings (SSSR count). The maximum absolute atomic E-state index is 13.9. The third kappa shape index (κ3) is 2.09. The van der Waals surface area contributed by atoms with Gasteiger partial charge in [-0.1, -0.05) is 29.8 Å². The summed E-state index contributed by atoms with van der Waals surface area (Å²) in [6.07, 6.45) is 1.70. The van der Waals surface area contributed by atoms with Crippen molar-refractivity contribution in [3.8, 4) is 5.75 Å². The quantitative estimate of drug-likeness (QED) is 0.760. The summed E-state index contributed by atoms with van der Waals surface area (Å²) in [5.41, 5.74) is 1.87. The van der Waals surface area contributed by atoms with E-state index >= 15 is 0 Å². The van der Waals surface area contributed by atoms with Crippen molar-refractivity contribution >= 4 is 29.1 Å². The second-order valence-electron chi connectivity index (χ2n) is 8.86. The van der Waals surface area contributed by atoms with Crippen LogP contribution in [0.4, 0.5) is 11.4 Å². The molecule has 0 radical (unpaired) electrons. The van der Waals surface area contributed by atoms with E-state index in [0.717, 1.165) is 29.7 Å². The molecule has 158 valence electrons. The second kappa shape index (κ2) is 6.17. The number of ether oxygens (including phenoxy) is 1. The van der Waals surface area contributed by atoms with E-state index in [9.17, 15) is 14.4 Å². The van der Waals surface area contributed by atoms with Crippen LogP contribution in [-0.4, -0.2) is 42.3 Å². The van der Waals surface area contributed by atoms with Crippen molar-refractivity contribution in [2.45, 2.75) is 31.3 Å². The number of nitrogens with one attached hydrogen (secondary N) is 1. The van der Waals surface area contributed by atoms with Gasteiger partial charge >= 0.3 is 0 Å². The van der Waals surface area contributed by atoms with Crippen LogP contribution < -0.4 is 15.0 Å². The van der Waals surface area contributed by atoms with Crippen LogP contribution >= 0.6 is 0 Å². The summed E-state index contributed by atoms with van der Waals surface area (Å²) in [6, 6.07) is 12.8. The Morgan fingerprint density at radius 3 is 2.71 bits per heavy atom. The van der Waals surface area contributed by atoms with Crippen LogP contribution in [-0.2, 0) is 19.9 Å². The molecule has 4 aliphatic heterocycles. The highest BCUT2D eigenvalue weighted by Crippen LogP contribution is 2.61. The molecule has 0 aliphatic carbocycles. The normalized spacial score (nSPS) is 31.2. The molecule has 1 spiro atoms. The predicted molar refractivity (Wildman–Crippen MR) is 114 cm³/mol. The van der Waals surface area contributed by atoms with Crippen molar-refractivity contribution in [1.82, 2.24) is 4.90 Å². The lowest BCUT2D eigenvalue weighted by Crippen LogP contribution is -2.54. The number of amides is 3. The number of aryl methyl sites for hydroxylation is 1. The van der Waals surface area contributed by atoms with Crippen LogP contribution in [0.5, 0.6) is 5.75 Å². The number of rotatable bonds is 2. The molecule has 1 N–H and O–H groups in total. The molecule has 3 saturated heterocycles. The van der Waals surface area contributed by atoms with E-state index in [-0.39, 0.29) is 23.8 Å². The SMILES string of the molecule is COc1ccccc1N1C(=O)C2C3CCCN3C3(C(=O)Nc4ccc(C)cc43)C2C1=O. The minimum Gasteiger partial charge on any atom is -0.495 e. The molecule has 7 heteroatoms. The molecule has 0 aromatic heterocycles. The largest absolute Gasteiger partial charge is 0.495 e. The van der Waals surface area contributed by atoms with Gasteiger partial charge in [0.1, 0.15) is 11.3 Å². The summed E-state index contributed by atoms with van der Waals surface area (Å²) < 4.78 is 5.44. The Morgan fingerprint density at radius 1 is 1.10 bits per heavy atom. The van der Waals surface area contributed by atoms with Crippen LogP contribution in [0.3, 0.4) is 0 Å². The van der Waals surface area contributed by atoms with Gasteiger partial charge in [0.25, 0.3) is 0 Å². The first-order valence-corrected chi connectivity index (χ1v) is 10.7. The minimum absolute atomic E-state index is 0.127. The van der Waals surface area contributed by atoms with E-state index in [0.29, 0.717) is 18.0 Å². The van der Waals surface area contributed by atoms with E-state index in [1.807, 2.05) is 25.1 Å². The van der Waals surface area contributed by atoms with Crippen molar-refractivity contribution in [2.75, 3.05) is 23.9 Å². The van der Waals surface area contributed by atoms with Crippen LogP contribution in [0, 0.1) is 18.8 Å². The molecule has 4 heterocycles. The molecule has 3 fully saturated rings. The number of nitrogens with zero attached hydrogens (tertiary/aromatic N) is 2. The third-order valence-corrected chi connectivity index (χ3v) is 7.47. The molecule has 4 aliphatic rings. The highest BCUT2D eigenvalue weighted by Gasteiger charge is 2.74. The number of methoxy groups -OCH3 is 1. The number of anilines is 2. The number of hydrogen-bond donors (Lipinski definition) is 1. The Balaban J connectivity index is 1.57. The standard InChI is InChI=1S/C24H23N3O4/c1-13-9-10-15-14(12-13)24(23(30)25-15)20-19(17-7-5-11-26(17)24)21(28)27(22(20)29)16-6-3-4-8-18(16)31-2/h3-4,6,8-10,12,17,19-20H,5,7,11H2,1-2H3,(H,25,30). The van der Waals surface area contributed by atoms with Gasteiger partial charge in [-0.05, 0) is 44.5 Å². The molecular weight excluding hydrogens is 394 g/mol. The summed E-state index contributed by atoms with van der Waals surface area (Å²) in [4.78, 5) is 44.7. The van der Waals surface area contributed by atoms with E-state index < -0.39 is 17.4 Å². The molecule has 2 aromatic carbocycles. The summed E-state index contributed by atoms with van der Waals surface area (Å²) in [7, 11) is 1.52. The van der Waals surface area contributed by atoms with Crippen molar-refractivity contribution in [3.05, 3.63) is 53.6 Å². The van der Waals surface area contributed by atoms with Crippen molar-refractivity contribution in [3.63, 3.8) is 0 Å². The first-order chi connectivity index (χ1) is 15.0. The fourth-order valence-electron chi connectivity index (χ4n) is 6.37. The Hall–Kier alpha value is -3.19. The van der Waals surface area contributed by atoms with Crippen LogP contribution in [0.25, 0.3) is 0 Å². The maximum Gasteiger partial charge on any atom is 0.250 e. The van der Waals surface area contributed by atoms with Crippen LogP contribution in [0.2, 0.25) is 0 Å². The van der Waals surface area contributed by atoms with Crippen LogP contribution in [0.1, 0.15) is 24.0 Å². The lowest BCUT2D eigenvalue weighted by Gasteiger charge is -2.36. The highest BCUT2D eigenvalue weighted by molar-refractivity contribution is 6.26. The number of fused-ring (bicyclic) bond motifs is 7. The lowest BCUT2D eigenvalue weighted by molar-refractivity contribution is -0.135. The number of carbonyl (C=O) groups is 3. The number of hydrogen-bond acceptors (Lipinski definition) is 5. The van der Waals surface area contributed by atoms with E-state index in [1.54, 1.807) is 24.3 Å². The molecule has 31 heavy (non-hydrogen) atoms. The number of benzene rings is 2. The summed E-state index contributed by atoms with van der Waals surface area (Å²) in [5.74, 6) is -1.58. The average molecular weight is 417 g/mol. The Bertz CT molecular complexity index is 1160. The van der Waals surface area contributed by atoms with E-state index in [4.69, 9.17) is 4.74 Å². The molecule has 0 bridgehead atoms. The van der Waals surface area contributed by atoms with Gasteiger partial charge in [-0.3, -0.25) is 19.3 Å². The monoisotopic (exact) mass is 417 g/mol. The predicted octanol–water partition coefficient (Wildman–Crippen LogP) is 2.43. The molecule has 2 aromatic rings. The van der Waals surface area contributed by atoms with Crippen LogP contribution in [0.15, 0.2) is 42.5 Å². The Morgan fingerprint density at radius 2 is 1.90 bits per heavy atom. The number of para-hydroxylation sites is 2. The fraction of sp³-hybridized carbons (Fsp3) is 0.375. The summed E-state index contributed by atoms with van der Waals surface area (Å²) >= 11 is 0. The first kappa shape index (κ1) is 18.6. The molecular formula is C24H23N3O4. The second-order valence-corrected chi connectivity index (χ2v) is 8.86. The third-order valence-electron chi connectivity index (χ3n) is 7.47. The van der Waals surface area contributed by atoms with Crippen molar-refractivity contribution in [2.24, 2.45) is 11.8 Å².